The molecule has 0 atom stereocenters. The summed E-state index contributed by atoms with van der Waals surface area (Å²) in [7, 11) is 0. The molecule has 0 aliphatic carbocycles. The molecule has 11 heteroatoms. The Balaban J connectivity index is -0.0000000331. The molecular formula is C10H15O10Sb. The van der Waals surface area contributed by atoms with Crippen LogP contribution < -0.4 is 25.5 Å². The van der Waals surface area contributed by atoms with Gasteiger partial charge in [0.2, 0.25) is 0 Å². The van der Waals surface area contributed by atoms with Crippen LogP contribution in [0.1, 0.15) is 34.6 Å². The standard InChI is InChI=1S/5C2H4O2.Sb/c5*1-2(3)4;/h5*1H3,(H,3,4);/q;;;;;+5/p-5. The third-order valence-electron chi connectivity index (χ3n) is 0. The molecule has 0 bridgehead atoms. The fourth-order valence-electron chi connectivity index (χ4n) is 0. The summed E-state index contributed by atoms with van der Waals surface area (Å²) in [6.07, 6.45) is 0. The summed E-state index contributed by atoms with van der Waals surface area (Å²) in [5.41, 5.74) is 0. The number of rotatable bonds is 0. The maximum atomic E-state index is 8.89. The minimum Gasteiger partial charge on any atom is -0.550 e. The van der Waals surface area contributed by atoms with Crippen LogP contribution in [0.5, 0.6) is 0 Å². The summed E-state index contributed by atoms with van der Waals surface area (Å²) < 4.78 is 0. The normalized spacial score (nSPS) is 5.95. The van der Waals surface area contributed by atoms with Crippen molar-refractivity contribution in [1.82, 2.24) is 0 Å². The zero-order chi connectivity index (χ0) is 17.9. The summed E-state index contributed by atoms with van der Waals surface area (Å²) in [5.74, 6) is -5.42. The number of carbonyl (C=O) groups is 5. The first-order valence-corrected chi connectivity index (χ1v) is 4.54. The zero-order valence-corrected chi connectivity index (χ0v) is 14.6. The summed E-state index contributed by atoms with van der Waals surface area (Å²) in [6.45, 7) is 4.86. The molecule has 0 heterocycles. The second-order valence-electron chi connectivity index (χ2n) is 2.46. The molecular weight excluding hydrogens is 402 g/mol. The Labute approximate surface area is 138 Å². The van der Waals surface area contributed by atoms with Crippen LogP contribution >= 0.6 is 0 Å². The molecule has 10 nitrogen and oxygen atoms in total. The van der Waals surface area contributed by atoms with E-state index in [1.807, 2.05) is 0 Å². The van der Waals surface area contributed by atoms with Gasteiger partial charge in [-0.05, 0) is 34.6 Å². The van der Waals surface area contributed by atoms with Crippen molar-refractivity contribution in [3.8, 4) is 0 Å². The van der Waals surface area contributed by atoms with Gasteiger partial charge in [0.25, 0.3) is 0 Å². The van der Waals surface area contributed by atoms with Gasteiger partial charge < -0.3 is 49.5 Å². The van der Waals surface area contributed by atoms with Gasteiger partial charge in [0.05, 0.1) is 0 Å². The zero-order valence-electron chi connectivity index (χ0n) is 12.0. The third kappa shape index (κ3) is 1420. The molecule has 0 saturated heterocycles. The van der Waals surface area contributed by atoms with Crippen LogP contribution in [0.25, 0.3) is 0 Å². The summed E-state index contributed by atoms with van der Waals surface area (Å²) in [6, 6.07) is 0. The molecule has 0 fully saturated rings. The van der Waals surface area contributed by atoms with E-state index < -0.39 is 29.8 Å². The maximum absolute atomic E-state index is 8.89. The molecule has 0 N–H and O–H groups in total. The predicted molar refractivity (Wildman–Crippen MR) is 59.2 cm³/mol. The second-order valence-corrected chi connectivity index (χ2v) is 2.46. The van der Waals surface area contributed by atoms with Crippen LogP contribution in [0.4, 0.5) is 0 Å². The third-order valence-corrected chi connectivity index (χ3v) is 0. The maximum Gasteiger partial charge on any atom is 5.00 e. The largest absolute Gasteiger partial charge is 5.00 e. The molecule has 0 aliphatic rings. The number of carbonyl (C=O) groups excluding carboxylic acids is 5. The van der Waals surface area contributed by atoms with E-state index in [-0.39, 0.29) is 24.4 Å². The monoisotopic (exact) mass is 416 g/mol. The van der Waals surface area contributed by atoms with Gasteiger partial charge in [0.15, 0.2) is 0 Å². The molecule has 0 unspecified atom stereocenters. The van der Waals surface area contributed by atoms with E-state index in [9.17, 15) is 0 Å². The van der Waals surface area contributed by atoms with Crippen molar-refractivity contribution in [2.45, 2.75) is 34.6 Å². The smallest absolute Gasteiger partial charge is 0.550 e. The molecule has 0 saturated carbocycles. The quantitative estimate of drug-likeness (QED) is 0.341. The summed E-state index contributed by atoms with van der Waals surface area (Å²) in [5, 5.41) is 44.4. The Hall–Kier alpha value is -1.83. The Bertz CT molecular complexity index is 211. The molecule has 21 heavy (non-hydrogen) atoms. The van der Waals surface area contributed by atoms with Crippen LogP contribution in [-0.4, -0.2) is 54.3 Å². The van der Waals surface area contributed by atoms with Gasteiger partial charge in [-0.1, -0.05) is 0 Å². The van der Waals surface area contributed by atoms with E-state index in [0.29, 0.717) is 0 Å². The Morgan fingerprint density at radius 2 is 0.429 bits per heavy atom. The molecule has 0 amide bonds. The minimum absolute atomic E-state index is 0. The van der Waals surface area contributed by atoms with Gasteiger partial charge >= 0.3 is 24.4 Å². The van der Waals surface area contributed by atoms with Crippen molar-refractivity contribution < 1.29 is 49.5 Å². The first kappa shape index (κ1) is 36.5. The average molecular weight is 417 g/mol. The van der Waals surface area contributed by atoms with Crippen molar-refractivity contribution >= 4 is 54.3 Å². The fourth-order valence-corrected chi connectivity index (χ4v) is 0. The molecule has 0 aromatic rings. The average Bonchev–Trinajstić information content (AvgIpc) is 1.94. The molecule has 120 valence electrons. The van der Waals surface area contributed by atoms with Crippen LogP contribution in [-0.2, 0) is 24.0 Å². The molecule has 0 aliphatic heterocycles. The van der Waals surface area contributed by atoms with Crippen molar-refractivity contribution in [2.75, 3.05) is 0 Å². The first-order chi connectivity index (χ1) is 8.66. The fraction of sp³-hybridized carbons (Fsp3) is 0.500. The summed E-state index contributed by atoms with van der Waals surface area (Å²) in [4.78, 5) is 44.4. The molecule has 0 radical (unpaired) electrons. The number of carboxylic acid groups (broad SMARTS) is 5. The van der Waals surface area contributed by atoms with E-state index in [1.54, 1.807) is 0 Å². The van der Waals surface area contributed by atoms with Crippen LogP contribution in [0, 0.1) is 0 Å². The van der Waals surface area contributed by atoms with Gasteiger partial charge in [-0.15, -0.1) is 0 Å². The first-order valence-electron chi connectivity index (χ1n) is 4.54. The second kappa shape index (κ2) is 30.9. The SMILES string of the molecule is CC(=O)[O-].CC(=O)[O-].CC(=O)[O-].CC(=O)[O-].CC(=O)[O-].[Sb+5]. The Morgan fingerprint density at radius 3 is 0.429 bits per heavy atom. The minimum atomic E-state index is -1.08. The van der Waals surface area contributed by atoms with Gasteiger partial charge in [0.1, 0.15) is 0 Å². The van der Waals surface area contributed by atoms with Gasteiger partial charge in [0, 0.05) is 29.8 Å². The van der Waals surface area contributed by atoms with Crippen LogP contribution in [0.15, 0.2) is 0 Å². The molecule has 0 aromatic carbocycles. The van der Waals surface area contributed by atoms with E-state index in [4.69, 9.17) is 49.5 Å². The van der Waals surface area contributed by atoms with Crippen molar-refractivity contribution in [2.24, 2.45) is 0 Å². The van der Waals surface area contributed by atoms with E-state index >= 15 is 0 Å². The van der Waals surface area contributed by atoms with E-state index in [0.717, 1.165) is 34.6 Å². The van der Waals surface area contributed by atoms with Crippen molar-refractivity contribution in [3.05, 3.63) is 0 Å². The number of carboxylic acids is 5. The molecule has 0 rings (SSSR count). The van der Waals surface area contributed by atoms with Crippen molar-refractivity contribution in [1.29, 1.82) is 0 Å². The number of hydrogen-bond acceptors (Lipinski definition) is 10. The predicted octanol–water partition coefficient (Wildman–Crippen LogP) is -6.60. The van der Waals surface area contributed by atoms with Crippen molar-refractivity contribution in [3.63, 3.8) is 0 Å². The molecule has 0 spiro atoms. The van der Waals surface area contributed by atoms with Crippen LogP contribution in [0.2, 0.25) is 0 Å². The van der Waals surface area contributed by atoms with Gasteiger partial charge in [-0.3, -0.25) is 0 Å². The van der Waals surface area contributed by atoms with Crippen LogP contribution in [0.3, 0.4) is 0 Å². The van der Waals surface area contributed by atoms with E-state index in [1.165, 1.54) is 0 Å². The summed E-state index contributed by atoms with van der Waals surface area (Å²) >= 11 is 0. The van der Waals surface area contributed by atoms with Gasteiger partial charge in [-0.25, -0.2) is 0 Å². The number of hydrogen-bond donors (Lipinski definition) is 0. The van der Waals surface area contributed by atoms with E-state index in [2.05, 4.69) is 0 Å². The molecule has 0 aromatic heterocycles. The Kier molecular flexibility index (Phi) is 53.7. The van der Waals surface area contributed by atoms with Gasteiger partial charge in [-0.2, -0.15) is 0 Å². The topological polar surface area (TPSA) is 201 Å². The number of aliphatic carboxylic acids is 5. The Morgan fingerprint density at radius 1 is 0.429 bits per heavy atom.